The van der Waals surface area contributed by atoms with Crippen molar-refractivity contribution in [1.82, 2.24) is 9.78 Å². The predicted molar refractivity (Wildman–Crippen MR) is 81.4 cm³/mol. The van der Waals surface area contributed by atoms with Crippen LogP contribution < -0.4 is 4.74 Å². The number of benzene rings is 1. The highest BCUT2D eigenvalue weighted by molar-refractivity contribution is 9.10. The lowest BCUT2D eigenvalue weighted by molar-refractivity contribution is -0.153. The summed E-state index contributed by atoms with van der Waals surface area (Å²) >= 11 is 3.33. The fourth-order valence-electron chi connectivity index (χ4n) is 2.04. The van der Waals surface area contributed by atoms with Gasteiger partial charge >= 0.3 is 6.18 Å². The molecule has 120 valence electrons. The molecule has 1 heterocycles. The van der Waals surface area contributed by atoms with Crippen LogP contribution in [0.2, 0.25) is 0 Å². The van der Waals surface area contributed by atoms with Crippen LogP contribution in [0.4, 0.5) is 13.2 Å². The van der Waals surface area contributed by atoms with Gasteiger partial charge in [-0.25, -0.2) is 4.68 Å². The van der Waals surface area contributed by atoms with Crippen molar-refractivity contribution in [3.8, 4) is 11.4 Å². The highest BCUT2D eigenvalue weighted by atomic mass is 79.9. The van der Waals surface area contributed by atoms with Crippen molar-refractivity contribution >= 4 is 15.9 Å². The van der Waals surface area contributed by atoms with Crippen LogP contribution in [0.3, 0.4) is 0 Å². The molecule has 0 bridgehead atoms. The van der Waals surface area contributed by atoms with E-state index >= 15 is 0 Å². The lowest BCUT2D eigenvalue weighted by atomic mass is 10.1. The van der Waals surface area contributed by atoms with Gasteiger partial charge in [-0.15, -0.1) is 0 Å². The van der Waals surface area contributed by atoms with Gasteiger partial charge < -0.3 is 4.74 Å². The summed E-state index contributed by atoms with van der Waals surface area (Å²) in [5.74, 6) is 0.601. The SMILES string of the molecule is CC(C)Cc1cc(Br)nn1-c1cccc(OCC(F)(F)F)c1. The molecule has 0 spiro atoms. The first-order valence-corrected chi connectivity index (χ1v) is 7.58. The lowest BCUT2D eigenvalue weighted by Gasteiger charge is -2.12. The van der Waals surface area contributed by atoms with Crippen LogP contribution in [-0.2, 0) is 6.42 Å². The molecule has 0 saturated carbocycles. The molecule has 7 heteroatoms. The molecule has 0 unspecified atom stereocenters. The molecule has 0 fully saturated rings. The van der Waals surface area contributed by atoms with Crippen molar-refractivity contribution in [3.05, 3.63) is 40.6 Å². The summed E-state index contributed by atoms with van der Waals surface area (Å²) in [5, 5.41) is 4.34. The summed E-state index contributed by atoms with van der Waals surface area (Å²) in [6.07, 6.45) is -3.54. The molecule has 0 saturated heterocycles. The Morgan fingerprint density at radius 3 is 2.64 bits per heavy atom. The predicted octanol–water partition coefficient (Wildman–Crippen LogP) is 4.77. The molecule has 2 rings (SSSR count). The third-order valence-corrected chi connectivity index (χ3v) is 3.22. The van der Waals surface area contributed by atoms with Crippen LogP contribution in [0.15, 0.2) is 34.9 Å². The van der Waals surface area contributed by atoms with E-state index in [1.54, 1.807) is 22.9 Å². The second-order valence-corrected chi connectivity index (χ2v) is 6.18. The summed E-state index contributed by atoms with van der Waals surface area (Å²) in [6.45, 7) is 2.88. The number of aromatic nitrogens is 2. The zero-order valence-electron chi connectivity index (χ0n) is 12.2. The number of hydrogen-bond donors (Lipinski definition) is 0. The van der Waals surface area contributed by atoms with Gasteiger partial charge in [-0.3, -0.25) is 0 Å². The van der Waals surface area contributed by atoms with E-state index in [1.165, 1.54) is 6.07 Å². The maximum absolute atomic E-state index is 12.2. The Kier molecular flexibility index (Phi) is 5.16. The number of hydrogen-bond acceptors (Lipinski definition) is 2. The van der Waals surface area contributed by atoms with Gasteiger partial charge in [-0.2, -0.15) is 18.3 Å². The quantitative estimate of drug-likeness (QED) is 0.750. The smallest absolute Gasteiger partial charge is 0.422 e. The van der Waals surface area contributed by atoms with Crippen LogP contribution in [-0.4, -0.2) is 22.6 Å². The Morgan fingerprint density at radius 1 is 1.27 bits per heavy atom. The number of ether oxygens (including phenoxy) is 1. The van der Waals surface area contributed by atoms with Gasteiger partial charge in [0.2, 0.25) is 0 Å². The summed E-state index contributed by atoms with van der Waals surface area (Å²) in [4.78, 5) is 0. The minimum absolute atomic E-state index is 0.164. The number of halogens is 4. The first-order valence-electron chi connectivity index (χ1n) is 6.79. The topological polar surface area (TPSA) is 27.1 Å². The summed E-state index contributed by atoms with van der Waals surface area (Å²) < 4.78 is 43.9. The van der Waals surface area contributed by atoms with E-state index in [-0.39, 0.29) is 5.75 Å². The molecule has 1 aromatic heterocycles. The molecule has 0 N–H and O–H groups in total. The van der Waals surface area contributed by atoms with Crippen molar-refractivity contribution in [3.63, 3.8) is 0 Å². The average Bonchev–Trinajstić information content (AvgIpc) is 2.76. The van der Waals surface area contributed by atoms with Gasteiger partial charge in [0.05, 0.1) is 5.69 Å². The molecule has 0 aliphatic carbocycles. The first-order chi connectivity index (χ1) is 10.2. The van der Waals surface area contributed by atoms with E-state index in [4.69, 9.17) is 4.74 Å². The first kappa shape index (κ1) is 16.9. The minimum Gasteiger partial charge on any atom is -0.484 e. The van der Waals surface area contributed by atoms with Crippen molar-refractivity contribution in [2.45, 2.75) is 26.4 Å². The lowest BCUT2D eigenvalue weighted by Crippen LogP contribution is -2.19. The Morgan fingerprint density at radius 2 is 2.00 bits per heavy atom. The fraction of sp³-hybridized carbons (Fsp3) is 0.400. The van der Waals surface area contributed by atoms with Gasteiger partial charge in [0.25, 0.3) is 0 Å². The summed E-state index contributed by atoms with van der Waals surface area (Å²) in [5.41, 5.74) is 1.65. The van der Waals surface area contributed by atoms with Crippen molar-refractivity contribution in [2.75, 3.05) is 6.61 Å². The normalized spacial score (nSPS) is 12.0. The second kappa shape index (κ2) is 6.73. The second-order valence-electron chi connectivity index (χ2n) is 5.37. The molecule has 0 aliphatic heterocycles. The van der Waals surface area contributed by atoms with Gasteiger partial charge in [0.15, 0.2) is 6.61 Å². The Balaban J connectivity index is 2.26. The number of nitrogens with zero attached hydrogens (tertiary/aromatic N) is 2. The van der Waals surface area contributed by atoms with Crippen molar-refractivity contribution in [2.24, 2.45) is 5.92 Å². The van der Waals surface area contributed by atoms with Crippen LogP contribution >= 0.6 is 15.9 Å². The van der Waals surface area contributed by atoms with Crippen molar-refractivity contribution in [1.29, 1.82) is 0 Å². The summed E-state index contributed by atoms with van der Waals surface area (Å²) in [6, 6.07) is 8.38. The molecule has 0 amide bonds. The fourth-order valence-corrected chi connectivity index (χ4v) is 2.47. The van der Waals surface area contributed by atoms with E-state index in [0.29, 0.717) is 16.2 Å². The Bertz CT molecular complexity index is 638. The van der Waals surface area contributed by atoms with Gasteiger partial charge in [0.1, 0.15) is 10.4 Å². The molecule has 22 heavy (non-hydrogen) atoms. The third-order valence-electron chi connectivity index (χ3n) is 2.84. The number of rotatable bonds is 5. The van der Waals surface area contributed by atoms with Crippen LogP contribution in [0.1, 0.15) is 19.5 Å². The van der Waals surface area contributed by atoms with E-state index in [9.17, 15) is 13.2 Å². The van der Waals surface area contributed by atoms with Gasteiger partial charge in [0, 0.05) is 11.8 Å². The summed E-state index contributed by atoms with van der Waals surface area (Å²) in [7, 11) is 0. The maximum atomic E-state index is 12.2. The Labute approximate surface area is 135 Å². The molecule has 1 aromatic carbocycles. The van der Waals surface area contributed by atoms with Crippen LogP contribution in [0, 0.1) is 5.92 Å². The van der Waals surface area contributed by atoms with Crippen LogP contribution in [0.5, 0.6) is 5.75 Å². The average molecular weight is 377 g/mol. The molecule has 2 aromatic rings. The minimum atomic E-state index is -4.35. The highest BCUT2D eigenvalue weighted by Crippen LogP contribution is 2.23. The highest BCUT2D eigenvalue weighted by Gasteiger charge is 2.28. The van der Waals surface area contributed by atoms with Crippen molar-refractivity contribution < 1.29 is 17.9 Å². The number of alkyl halides is 3. The molecular weight excluding hydrogens is 361 g/mol. The molecule has 0 radical (unpaired) electrons. The molecule has 0 atom stereocenters. The van der Waals surface area contributed by atoms with Gasteiger partial charge in [-0.05, 0) is 46.5 Å². The van der Waals surface area contributed by atoms with E-state index in [2.05, 4.69) is 34.9 Å². The largest absolute Gasteiger partial charge is 0.484 e. The zero-order chi connectivity index (χ0) is 16.3. The zero-order valence-corrected chi connectivity index (χ0v) is 13.8. The molecule has 3 nitrogen and oxygen atoms in total. The van der Waals surface area contributed by atoms with Crippen LogP contribution in [0.25, 0.3) is 5.69 Å². The third kappa shape index (κ3) is 4.76. The van der Waals surface area contributed by atoms with E-state index in [1.807, 2.05) is 6.07 Å². The molecule has 0 aliphatic rings. The maximum Gasteiger partial charge on any atom is 0.422 e. The van der Waals surface area contributed by atoms with E-state index in [0.717, 1.165) is 12.1 Å². The van der Waals surface area contributed by atoms with Gasteiger partial charge in [-0.1, -0.05) is 19.9 Å². The Hall–Kier alpha value is -1.50. The molecular formula is C15H16BrF3N2O. The standard InChI is InChI=1S/C15H16BrF3N2O/c1-10(2)6-12-8-14(16)20-21(12)11-4-3-5-13(7-11)22-9-15(17,18)19/h3-5,7-8,10H,6,9H2,1-2H3. The monoisotopic (exact) mass is 376 g/mol. The van der Waals surface area contributed by atoms with E-state index < -0.39 is 12.8 Å².